The fourth-order valence-corrected chi connectivity index (χ4v) is 3.91. The first kappa shape index (κ1) is 25.1. The highest BCUT2D eigenvalue weighted by Gasteiger charge is 2.55. The van der Waals surface area contributed by atoms with E-state index in [1.165, 1.54) is 12.1 Å². The molecule has 1 aromatic heterocycles. The molecule has 1 heterocycles. The summed E-state index contributed by atoms with van der Waals surface area (Å²) in [5.74, 6) is 1.77. The molecule has 0 unspecified atom stereocenters. The van der Waals surface area contributed by atoms with Gasteiger partial charge in [0.2, 0.25) is 0 Å². The van der Waals surface area contributed by atoms with Crippen molar-refractivity contribution in [3.63, 3.8) is 0 Å². The van der Waals surface area contributed by atoms with Crippen LogP contribution in [0.1, 0.15) is 56.6 Å². The average molecular weight is 525 g/mol. The van der Waals surface area contributed by atoms with Crippen LogP contribution < -0.4 is 5.32 Å². The number of ether oxygens (including phenoxy) is 1. The molecule has 1 aromatic carbocycles. The Hall–Kier alpha value is -2.57. The van der Waals surface area contributed by atoms with E-state index in [1.807, 2.05) is 0 Å². The van der Waals surface area contributed by atoms with Gasteiger partial charge in [-0.2, -0.15) is 0 Å². The Morgan fingerprint density at radius 2 is 2.00 bits per heavy atom. The Morgan fingerprint density at radius 3 is 2.61 bits per heavy atom. The molecule has 2 N–H and O–H groups in total. The summed E-state index contributed by atoms with van der Waals surface area (Å²) in [4.78, 5) is 16.9. The predicted octanol–water partition coefficient (Wildman–Crippen LogP) is 5.30. The van der Waals surface area contributed by atoms with E-state index in [4.69, 9.17) is 4.74 Å². The van der Waals surface area contributed by atoms with Crippen molar-refractivity contribution in [2.45, 2.75) is 63.2 Å². The van der Waals surface area contributed by atoms with Crippen molar-refractivity contribution in [3.05, 3.63) is 63.6 Å². The van der Waals surface area contributed by atoms with Crippen molar-refractivity contribution in [3.8, 4) is 11.8 Å². The highest BCUT2D eigenvalue weighted by molar-refractivity contribution is 9.10. The van der Waals surface area contributed by atoms with E-state index < -0.39 is 47.9 Å². The number of nitrogens with zero attached hydrogens (tertiary/aromatic N) is 1. The molecule has 0 spiro atoms. The van der Waals surface area contributed by atoms with Gasteiger partial charge < -0.3 is 15.2 Å². The fraction of sp³-hybridized carbons (Fsp3) is 0.417. The minimum Gasteiger partial charge on any atom is -0.444 e. The molecule has 1 fully saturated rings. The number of carbonyl (C=O) groups excluding carboxylic acids is 1. The lowest BCUT2D eigenvalue weighted by atomic mass is 9.77. The molecule has 0 bridgehead atoms. The van der Waals surface area contributed by atoms with Gasteiger partial charge in [0.15, 0.2) is 0 Å². The first-order valence-corrected chi connectivity index (χ1v) is 11.1. The van der Waals surface area contributed by atoms with Crippen LogP contribution in [0.25, 0.3) is 0 Å². The van der Waals surface area contributed by atoms with Crippen LogP contribution in [0.3, 0.4) is 0 Å². The van der Waals surface area contributed by atoms with Crippen molar-refractivity contribution in [1.29, 1.82) is 0 Å². The summed E-state index contributed by atoms with van der Waals surface area (Å²) in [5, 5.41) is 12.8. The Balaban J connectivity index is 1.90. The lowest BCUT2D eigenvalue weighted by Gasteiger charge is -2.39. The topological polar surface area (TPSA) is 71.5 Å². The fourth-order valence-electron chi connectivity index (χ4n) is 3.41. The van der Waals surface area contributed by atoms with Gasteiger partial charge in [0.25, 0.3) is 5.92 Å². The lowest BCUT2D eigenvalue weighted by molar-refractivity contribution is -0.176. The Morgan fingerprint density at radius 1 is 1.30 bits per heavy atom. The van der Waals surface area contributed by atoms with Gasteiger partial charge in [-0.25, -0.2) is 22.9 Å². The number of hydrogen-bond acceptors (Lipinski definition) is 4. The molecule has 33 heavy (non-hydrogen) atoms. The summed E-state index contributed by atoms with van der Waals surface area (Å²) in [6, 6.07) is 8.46. The second kappa shape index (κ2) is 9.35. The van der Waals surface area contributed by atoms with Gasteiger partial charge in [-0.15, -0.1) is 0 Å². The van der Waals surface area contributed by atoms with Crippen molar-refractivity contribution < 1.29 is 27.8 Å². The molecule has 2 aromatic rings. The normalized spacial score (nSPS) is 17.2. The van der Waals surface area contributed by atoms with E-state index in [9.17, 15) is 23.1 Å². The molecule has 1 amide bonds. The number of pyridine rings is 1. The third-order valence-corrected chi connectivity index (χ3v) is 5.42. The third kappa shape index (κ3) is 7.21. The Labute approximate surface area is 198 Å². The predicted molar refractivity (Wildman–Crippen MR) is 120 cm³/mol. The Bertz CT molecular complexity index is 1100. The molecular weight excluding hydrogens is 501 g/mol. The smallest absolute Gasteiger partial charge is 0.408 e. The number of alkyl halides is 2. The third-order valence-electron chi connectivity index (χ3n) is 4.75. The maximum atomic E-state index is 13.7. The standard InChI is InChI=1S/C24H24BrF3N2O3/c1-22(2,3)33-21(31)30-19(12-15-5-4-6-16(26)11-15)20-18(25)8-7-17(29-20)9-10-23(32)13-24(27,28)14-23/h4-8,11,19,32H,12-14H2,1-3H3,(H,30,31)/t19-/m0/s1. The van der Waals surface area contributed by atoms with Crippen molar-refractivity contribution >= 4 is 22.0 Å². The van der Waals surface area contributed by atoms with E-state index in [1.54, 1.807) is 45.0 Å². The van der Waals surface area contributed by atoms with Gasteiger partial charge >= 0.3 is 6.09 Å². The van der Waals surface area contributed by atoms with Gasteiger partial charge in [-0.05, 0) is 78.9 Å². The quantitative estimate of drug-likeness (QED) is 0.532. The molecule has 0 radical (unpaired) electrons. The maximum absolute atomic E-state index is 13.7. The van der Waals surface area contributed by atoms with Gasteiger partial charge in [0, 0.05) is 4.47 Å². The summed E-state index contributed by atoms with van der Waals surface area (Å²) in [6.07, 6.45) is -1.92. The van der Waals surface area contributed by atoms with E-state index in [2.05, 4.69) is 38.1 Å². The number of rotatable bonds is 4. The second-order valence-electron chi connectivity index (χ2n) is 9.09. The van der Waals surface area contributed by atoms with Gasteiger partial charge in [-0.3, -0.25) is 0 Å². The average Bonchev–Trinajstić information content (AvgIpc) is 2.64. The van der Waals surface area contributed by atoms with Crippen molar-refractivity contribution in [2.75, 3.05) is 0 Å². The zero-order chi connectivity index (χ0) is 24.4. The molecule has 1 aliphatic rings. The molecule has 3 rings (SSSR count). The van der Waals surface area contributed by atoms with Gasteiger partial charge in [0.1, 0.15) is 22.7 Å². The number of nitrogens with one attached hydrogen (secondary N) is 1. The minimum absolute atomic E-state index is 0.204. The molecule has 1 aliphatic carbocycles. The Kier molecular flexibility index (Phi) is 7.10. The number of carbonyl (C=O) groups is 1. The van der Waals surface area contributed by atoms with Crippen molar-refractivity contribution in [1.82, 2.24) is 10.3 Å². The highest BCUT2D eigenvalue weighted by atomic mass is 79.9. The molecule has 0 saturated heterocycles. The highest BCUT2D eigenvalue weighted by Crippen LogP contribution is 2.45. The largest absolute Gasteiger partial charge is 0.444 e. The number of aromatic nitrogens is 1. The van der Waals surface area contributed by atoms with E-state index in [0.717, 1.165) is 0 Å². The summed E-state index contributed by atoms with van der Waals surface area (Å²) < 4.78 is 45.9. The van der Waals surface area contributed by atoms with Crippen LogP contribution in [-0.4, -0.2) is 33.3 Å². The van der Waals surface area contributed by atoms with E-state index >= 15 is 0 Å². The number of halogens is 4. The number of alkyl carbamates (subject to hydrolysis) is 1. The van der Waals surface area contributed by atoms with E-state index in [-0.39, 0.29) is 12.1 Å². The summed E-state index contributed by atoms with van der Waals surface area (Å²) in [5.41, 5.74) is -1.25. The molecular formula is C24H24BrF3N2O3. The lowest BCUT2D eigenvalue weighted by Crippen LogP contribution is -2.50. The van der Waals surface area contributed by atoms with Crippen LogP contribution in [0.15, 0.2) is 40.9 Å². The SMILES string of the molecule is CC(C)(C)OC(=O)N[C@@H](Cc1cccc(F)c1)c1nc(C#CC2(O)CC(F)(F)C2)ccc1Br. The molecule has 1 atom stereocenters. The number of benzene rings is 1. The molecule has 5 nitrogen and oxygen atoms in total. The van der Waals surface area contributed by atoms with Crippen LogP contribution in [-0.2, 0) is 11.2 Å². The summed E-state index contributed by atoms with van der Waals surface area (Å²) >= 11 is 3.42. The van der Waals surface area contributed by atoms with Gasteiger partial charge in [-0.1, -0.05) is 18.1 Å². The monoisotopic (exact) mass is 524 g/mol. The van der Waals surface area contributed by atoms with Crippen molar-refractivity contribution in [2.24, 2.45) is 0 Å². The number of amides is 1. The molecule has 1 saturated carbocycles. The first-order valence-electron chi connectivity index (χ1n) is 10.3. The summed E-state index contributed by atoms with van der Waals surface area (Å²) in [6.45, 7) is 5.19. The molecule has 176 valence electrons. The van der Waals surface area contributed by atoms with Crippen LogP contribution in [0, 0.1) is 17.7 Å². The number of hydrogen-bond donors (Lipinski definition) is 2. The van der Waals surface area contributed by atoms with Crippen LogP contribution in [0.4, 0.5) is 18.0 Å². The van der Waals surface area contributed by atoms with Crippen LogP contribution in [0.5, 0.6) is 0 Å². The minimum atomic E-state index is -2.92. The molecule has 9 heteroatoms. The van der Waals surface area contributed by atoms with E-state index in [0.29, 0.717) is 15.7 Å². The zero-order valence-corrected chi connectivity index (χ0v) is 20.0. The zero-order valence-electron chi connectivity index (χ0n) is 18.4. The maximum Gasteiger partial charge on any atom is 0.408 e. The first-order chi connectivity index (χ1) is 15.2. The van der Waals surface area contributed by atoms with Gasteiger partial charge in [0.05, 0.1) is 24.6 Å². The van der Waals surface area contributed by atoms with Crippen LogP contribution >= 0.6 is 15.9 Å². The summed E-state index contributed by atoms with van der Waals surface area (Å²) in [7, 11) is 0. The van der Waals surface area contributed by atoms with Crippen LogP contribution in [0.2, 0.25) is 0 Å². The second-order valence-corrected chi connectivity index (χ2v) is 9.94. The number of aliphatic hydroxyl groups is 1. The molecule has 0 aliphatic heterocycles.